The van der Waals surface area contributed by atoms with Gasteiger partial charge in [0.05, 0.1) is 0 Å². The first-order valence-electron chi connectivity index (χ1n) is 8.21. The summed E-state index contributed by atoms with van der Waals surface area (Å²) in [6, 6.07) is 9.58. The highest BCUT2D eigenvalue weighted by atomic mass is 15.2. The molecule has 20 heavy (non-hydrogen) atoms. The van der Waals surface area contributed by atoms with Crippen LogP contribution >= 0.6 is 0 Å². The van der Waals surface area contributed by atoms with Crippen molar-refractivity contribution in [1.82, 2.24) is 4.90 Å². The highest BCUT2D eigenvalue weighted by Gasteiger charge is 2.29. The first-order valence-corrected chi connectivity index (χ1v) is 8.21. The number of nitrogens with zero attached hydrogens (tertiary/aromatic N) is 1. The van der Waals surface area contributed by atoms with Gasteiger partial charge in [-0.05, 0) is 44.2 Å². The fraction of sp³-hybridized carbons (Fsp3) is 0.667. The van der Waals surface area contributed by atoms with Gasteiger partial charge in [-0.3, -0.25) is 4.90 Å². The van der Waals surface area contributed by atoms with Crippen molar-refractivity contribution >= 4 is 0 Å². The largest absolute Gasteiger partial charge is 0.326 e. The Hall–Kier alpha value is -0.860. The summed E-state index contributed by atoms with van der Waals surface area (Å²) in [6.45, 7) is 9.07. The van der Waals surface area contributed by atoms with E-state index in [4.69, 9.17) is 5.73 Å². The summed E-state index contributed by atoms with van der Waals surface area (Å²) in [5.41, 5.74) is 9.18. The van der Waals surface area contributed by atoms with Crippen LogP contribution in [0.4, 0.5) is 0 Å². The molecule has 0 radical (unpaired) electrons. The molecule has 2 nitrogen and oxygen atoms in total. The number of rotatable bonds is 5. The number of nitrogens with two attached hydrogens (primary N) is 1. The third kappa shape index (κ3) is 3.62. The van der Waals surface area contributed by atoms with Gasteiger partial charge >= 0.3 is 0 Å². The number of hydrogen-bond acceptors (Lipinski definition) is 2. The zero-order valence-corrected chi connectivity index (χ0v) is 13.3. The molecule has 1 fully saturated rings. The van der Waals surface area contributed by atoms with Gasteiger partial charge in [0.25, 0.3) is 0 Å². The van der Waals surface area contributed by atoms with Gasteiger partial charge in [0.2, 0.25) is 0 Å². The van der Waals surface area contributed by atoms with Gasteiger partial charge in [-0.1, -0.05) is 50.1 Å². The van der Waals surface area contributed by atoms with Crippen LogP contribution in [-0.4, -0.2) is 24.0 Å². The number of piperidine rings is 1. The number of benzene rings is 1. The average Bonchev–Trinajstić information content (AvgIpc) is 2.49. The second-order valence-corrected chi connectivity index (χ2v) is 6.34. The zero-order chi connectivity index (χ0) is 14.5. The lowest BCUT2D eigenvalue weighted by atomic mass is 9.89. The molecule has 0 aliphatic carbocycles. The molecule has 112 valence electrons. The van der Waals surface area contributed by atoms with E-state index in [0.29, 0.717) is 6.04 Å². The second kappa shape index (κ2) is 7.24. The lowest BCUT2D eigenvalue weighted by molar-refractivity contribution is 0.104. The van der Waals surface area contributed by atoms with Crippen LogP contribution in [0.5, 0.6) is 0 Å². The summed E-state index contributed by atoms with van der Waals surface area (Å²) in [5, 5.41) is 0. The summed E-state index contributed by atoms with van der Waals surface area (Å²) in [7, 11) is 0. The molecule has 1 aromatic carbocycles. The molecule has 1 aliphatic heterocycles. The minimum atomic E-state index is 0.230. The van der Waals surface area contributed by atoms with E-state index in [0.717, 1.165) is 12.3 Å². The molecule has 2 rings (SSSR count). The van der Waals surface area contributed by atoms with Crippen molar-refractivity contribution in [1.29, 1.82) is 0 Å². The molecule has 0 spiro atoms. The minimum absolute atomic E-state index is 0.230. The predicted molar refractivity (Wildman–Crippen MR) is 86.8 cm³/mol. The fourth-order valence-electron chi connectivity index (χ4n) is 3.40. The van der Waals surface area contributed by atoms with Gasteiger partial charge in [-0.25, -0.2) is 0 Å². The van der Waals surface area contributed by atoms with Gasteiger partial charge < -0.3 is 5.73 Å². The Balaban J connectivity index is 2.20. The Morgan fingerprint density at radius 2 is 1.95 bits per heavy atom. The van der Waals surface area contributed by atoms with Crippen LogP contribution in [0.1, 0.15) is 56.7 Å². The SMILES string of the molecule is CCC1CCCN(C(c2ccc(C)cc2)C(N)CC)C1. The van der Waals surface area contributed by atoms with E-state index in [1.165, 1.54) is 43.5 Å². The van der Waals surface area contributed by atoms with Gasteiger partial charge in [0.1, 0.15) is 0 Å². The monoisotopic (exact) mass is 274 g/mol. The van der Waals surface area contributed by atoms with Gasteiger partial charge in [-0.2, -0.15) is 0 Å². The van der Waals surface area contributed by atoms with Crippen molar-refractivity contribution in [2.24, 2.45) is 11.7 Å². The van der Waals surface area contributed by atoms with Crippen LogP contribution in [0.25, 0.3) is 0 Å². The molecule has 3 atom stereocenters. The quantitative estimate of drug-likeness (QED) is 0.882. The van der Waals surface area contributed by atoms with Crippen LogP contribution in [0.15, 0.2) is 24.3 Å². The molecule has 1 heterocycles. The summed E-state index contributed by atoms with van der Waals surface area (Å²) in [4.78, 5) is 2.64. The van der Waals surface area contributed by atoms with Crippen LogP contribution in [0.2, 0.25) is 0 Å². The minimum Gasteiger partial charge on any atom is -0.326 e. The van der Waals surface area contributed by atoms with Gasteiger partial charge in [0.15, 0.2) is 0 Å². The third-order valence-electron chi connectivity index (χ3n) is 4.82. The predicted octanol–water partition coefficient (Wildman–Crippen LogP) is 3.90. The summed E-state index contributed by atoms with van der Waals surface area (Å²) < 4.78 is 0. The molecule has 1 saturated heterocycles. The molecule has 1 aliphatic rings. The molecule has 2 N–H and O–H groups in total. The fourth-order valence-corrected chi connectivity index (χ4v) is 3.40. The maximum Gasteiger partial charge on any atom is 0.0499 e. The number of aryl methyl sites for hydroxylation is 1. The van der Waals surface area contributed by atoms with Crippen molar-refractivity contribution in [3.05, 3.63) is 35.4 Å². The van der Waals surface area contributed by atoms with Crippen LogP contribution in [0, 0.1) is 12.8 Å². The maximum atomic E-state index is 6.46. The Kier molecular flexibility index (Phi) is 5.62. The Bertz CT molecular complexity index is 398. The van der Waals surface area contributed by atoms with Gasteiger partial charge in [-0.15, -0.1) is 0 Å². The normalized spacial score (nSPS) is 23.5. The van der Waals surface area contributed by atoms with E-state index in [1.54, 1.807) is 0 Å². The van der Waals surface area contributed by atoms with Crippen molar-refractivity contribution < 1.29 is 0 Å². The van der Waals surface area contributed by atoms with E-state index in [-0.39, 0.29) is 6.04 Å². The average molecular weight is 274 g/mol. The summed E-state index contributed by atoms with van der Waals surface area (Å²) >= 11 is 0. The molecular formula is C18H30N2. The first kappa shape index (κ1) is 15.5. The highest BCUT2D eigenvalue weighted by Crippen LogP contribution is 2.31. The van der Waals surface area contributed by atoms with E-state index in [2.05, 4.69) is 49.9 Å². The van der Waals surface area contributed by atoms with Crippen LogP contribution in [-0.2, 0) is 0 Å². The number of likely N-dealkylation sites (tertiary alicyclic amines) is 1. The lowest BCUT2D eigenvalue weighted by Gasteiger charge is -2.41. The highest BCUT2D eigenvalue weighted by molar-refractivity contribution is 5.25. The topological polar surface area (TPSA) is 29.3 Å². The lowest BCUT2D eigenvalue weighted by Crippen LogP contribution is -2.45. The Morgan fingerprint density at radius 1 is 1.25 bits per heavy atom. The molecule has 0 aromatic heterocycles. The molecule has 3 unspecified atom stereocenters. The Labute approximate surface area is 124 Å². The maximum absolute atomic E-state index is 6.46. The van der Waals surface area contributed by atoms with E-state index in [9.17, 15) is 0 Å². The van der Waals surface area contributed by atoms with Gasteiger partial charge in [0, 0.05) is 18.6 Å². The van der Waals surface area contributed by atoms with Crippen LogP contribution in [0.3, 0.4) is 0 Å². The summed E-state index contributed by atoms with van der Waals surface area (Å²) in [5.74, 6) is 0.848. The Morgan fingerprint density at radius 3 is 2.55 bits per heavy atom. The molecule has 0 amide bonds. The zero-order valence-electron chi connectivity index (χ0n) is 13.3. The first-order chi connectivity index (χ1) is 9.65. The molecule has 0 bridgehead atoms. The molecule has 2 heteroatoms. The van der Waals surface area contributed by atoms with Crippen molar-refractivity contribution in [3.8, 4) is 0 Å². The van der Waals surface area contributed by atoms with Crippen LogP contribution < -0.4 is 5.73 Å². The smallest absolute Gasteiger partial charge is 0.0499 e. The van der Waals surface area contributed by atoms with Crippen molar-refractivity contribution in [2.75, 3.05) is 13.1 Å². The molecule has 0 saturated carbocycles. The van der Waals surface area contributed by atoms with Crippen molar-refractivity contribution in [2.45, 2.75) is 58.5 Å². The van der Waals surface area contributed by atoms with E-state index < -0.39 is 0 Å². The van der Waals surface area contributed by atoms with E-state index in [1.807, 2.05) is 0 Å². The molecular weight excluding hydrogens is 244 g/mol. The number of hydrogen-bond donors (Lipinski definition) is 1. The van der Waals surface area contributed by atoms with Crippen molar-refractivity contribution in [3.63, 3.8) is 0 Å². The molecule has 1 aromatic rings. The second-order valence-electron chi connectivity index (χ2n) is 6.34. The van der Waals surface area contributed by atoms with E-state index >= 15 is 0 Å². The third-order valence-corrected chi connectivity index (χ3v) is 4.82. The summed E-state index contributed by atoms with van der Waals surface area (Å²) in [6.07, 6.45) is 5.02. The standard InChI is InChI=1S/C18H30N2/c1-4-15-7-6-12-20(13-15)18(17(19)5-2)16-10-8-14(3)9-11-16/h8-11,15,17-18H,4-7,12-13,19H2,1-3H3.